The van der Waals surface area contributed by atoms with E-state index >= 15 is 8.78 Å². The zero-order valence-corrected chi connectivity index (χ0v) is 36.9. The Kier molecular flexibility index (Phi) is 18.9. The molecule has 2 rings (SSSR count). The number of anilines is 1. The summed E-state index contributed by atoms with van der Waals surface area (Å²) < 4.78 is 258. The minimum atomic E-state index is -8.71. The van der Waals surface area contributed by atoms with Crippen molar-refractivity contribution in [2.45, 2.75) is 118 Å². The molecule has 0 aliphatic carbocycles. The Morgan fingerprint density at radius 1 is 0.687 bits per heavy atom. The first-order valence-corrected chi connectivity index (χ1v) is 21.7. The number of carbonyl (C=O) groups is 2. The number of hydrogen-bond donors (Lipinski definition) is 3. The van der Waals surface area contributed by atoms with Gasteiger partial charge in [-0.15, -0.1) is 0 Å². The molecule has 0 aromatic heterocycles. The van der Waals surface area contributed by atoms with E-state index in [1.165, 1.54) is 89.7 Å². The van der Waals surface area contributed by atoms with Gasteiger partial charge in [-0.3, -0.25) is 15.3 Å². The molecule has 0 aliphatic rings. The summed E-state index contributed by atoms with van der Waals surface area (Å²) in [5.74, 6) is -57.1. The summed E-state index contributed by atoms with van der Waals surface area (Å²) in [5.41, 5.74) is 0.759. The van der Waals surface area contributed by atoms with Crippen molar-refractivity contribution in [1.29, 1.82) is 0 Å². The third kappa shape index (κ3) is 12.5. The van der Waals surface area contributed by atoms with Gasteiger partial charge >= 0.3 is 53.7 Å². The van der Waals surface area contributed by atoms with Crippen LogP contribution in [-0.4, -0.2) is 93.5 Å². The van der Waals surface area contributed by atoms with E-state index in [4.69, 9.17) is 23.8 Å². The van der Waals surface area contributed by atoms with E-state index in [9.17, 15) is 75.4 Å². The molecule has 0 radical (unpaired) electrons. The van der Waals surface area contributed by atoms with E-state index in [0.717, 1.165) is 6.08 Å². The Morgan fingerprint density at radius 2 is 1.16 bits per heavy atom. The molecular weight excluding hydrogens is 971 g/mol. The lowest BCUT2D eigenvalue weighted by atomic mass is 9.88. The molecule has 2 amide bonds. The molecule has 1 atom stereocenters. The normalized spacial score (nSPS) is 14.7. The zero-order valence-electron chi connectivity index (χ0n) is 35.9. The maximum absolute atomic E-state index is 15.0. The van der Waals surface area contributed by atoms with E-state index in [1.54, 1.807) is 18.2 Å². The smallest absolute Gasteiger partial charge is 0.460 e. The summed E-state index contributed by atoms with van der Waals surface area (Å²) in [6.45, 7) is 5.79. The maximum atomic E-state index is 15.0. The molecule has 0 unspecified atom stereocenters. The van der Waals surface area contributed by atoms with Gasteiger partial charge in [0.15, 0.2) is 8.32 Å². The van der Waals surface area contributed by atoms with Crippen LogP contribution in [0, 0.1) is 0 Å². The van der Waals surface area contributed by atoms with Gasteiger partial charge in [0.05, 0.1) is 13.7 Å². The first kappa shape index (κ1) is 58.3. The van der Waals surface area contributed by atoms with E-state index in [2.05, 4.69) is 5.32 Å². The molecule has 0 saturated heterocycles. The topological polar surface area (TPSA) is 115 Å². The van der Waals surface area contributed by atoms with Crippen LogP contribution in [0.25, 0.3) is 0 Å². The average Bonchev–Trinajstić information content (AvgIpc) is 3.22. The Morgan fingerprint density at radius 3 is 1.63 bits per heavy atom. The van der Waals surface area contributed by atoms with Crippen LogP contribution in [0.5, 0.6) is 11.5 Å². The lowest BCUT2D eigenvalue weighted by Crippen LogP contribution is -2.74. The minimum Gasteiger partial charge on any atom is -0.497 e. The quantitative estimate of drug-likeness (QED) is 0.0182. The van der Waals surface area contributed by atoms with Crippen molar-refractivity contribution in [1.82, 2.24) is 5.48 Å². The van der Waals surface area contributed by atoms with E-state index in [0.29, 0.717) is 22.6 Å². The van der Waals surface area contributed by atoms with Crippen molar-refractivity contribution in [2.24, 2.45) is 0 Å². The predicted molar refractivity (Wildman–Crippen MR) is 207 cm³/mol. The van der Waals surface area contributed by atoms with Crippen LogP contribution in [0.15, 0.2) is 72.3 Å². The molecule has 3 N–H and O–H groups in total. The zero-order chi connectivity index (χ0) is 51.8. The molecule has 0 saturated carbocycles. The summed E-state index contributed by atoms with van der Waals surface area (Å²) in [5, 5.41) is 11.3. The van der Waals surface area contributed by atoms with E-state index in [-0.39, 0.29) is 12.2 Å². The van der Waals surface area contributed by atoms with Crippen LogP contribution in [0.1, 0.15) is 59.1 Å². The molecule has 9 nitrogen and oxygen atoms in total. The third-order valence-electron chi connectivity index (χ3n) is 10.3. The molecular formula is C40H45F17N2O7Si. The summed E-state index contributed by atoms with van der Waals surface area (Å²) >= 11 is 0. The van der Waals surface area contributed by atoms with Gasteiger partial charge < -0.3 is 18.6 Å². The largest absolute Gasteiger partial charge is 0.497 e. The first-order chi connectivity index (χ1) is 30.4. The number of hydroxylamine groups is 1. The molecule has 0 heterocycles. The number of halogens is 17. The highest BCUT2D eigenvalue weighted by Crippen LogP contribution is 2.64. The molecule has 67 heavy (non-hydrogen) atoms. The van der Waals surface area contributed by atoms with E-state index < -0.39 is 111 Å². The Hall–Kier alpha value is -4.79. The monoisotopic (exact) mass is 1020 g/mol. The Labute approximate surface area is 372 Å². The number of amides is 2. The lowest BCUT2D eigenvalue weighted by molar-refractivity contribution is -0.461. The fourth-order valence-corrected chi connectivity index (χ4v) is 10.9. The van der Waals surface area contributed by atoms with Gasteiger partial charge in [0.2, 0.25) is 0 Å². The third-order valence-corrected chi connectivity index (χ3v) is 16.0. The second-order valence-corrected chi connectivity index (χ2v) is 20.4. The fraction of sp³-hybridized carbons (Fsp3) is 0.550. The van der Waals surface area contributed by atoms with Crippen LogP contribution in [0.4, 0.5) is 85.1 Å². The average molecular weight is 1020 g/mol. The number of rotatable bonds is 24. The number of benzene rings is 2. The number of nitrogens with one attached hydrogen (secondary N) is 2. The lowest BCUT2D eigenvalue weighted by Gasteiger charge is -2.44. The van der Waals surface area contributed by atoms with Gasteiger partial charge in [0, 0.05) is 24.6 Å². The molecule has 0 spiro atoms. The summed E-state index contributed by atoms with van der Waals surface area (Å²) in [6.07, 6.45) is -8.15. The molecule has 0 aliphatic heterocycles. The van der Waals surface area contributed by atoms with Crippen molar-refractivity contribution in [3.8, 4) is 11.5 Å². The number of hydrogen-bond acceptors (Lipinski definition) is 7. The molecule has 0 fully saturated rings. The van der Waals surface area contributed by atoms with Crippen molar-refractivity contribution >= 4 is 26.0 Å². The first-order valence-electron chi connectivity index (χ1n) is 19.4. The number of alkyl halides is 17. The molecule has 380 valence electrons. The SMILES string of the molecule is COc1ccc(NC(=O)O[C@H](C/C=C/C(C)=C/C(=O)NO)c2ccc(OCCO[Si](CCC(F)(F)C(F)(F)C(F)(F)C(F)(F)C(F)(F)C(F)(F)C(F)(F)C(F)(F)F)(C(C)C)C(C)C)cc2)cc1. The Bertz CT molecular complexity index is 2010. The van der Waals surface area contributed by atoms with Crippen LogP contribution >= 0.6 is 0 Å². The predicted octanol–water partition coefficient (Wildman–Crippen LogP) is 12.9. The minimum absolute atomic E-state index is 0.0292. The highest BCUT2D eigenvalue weighted by atomic mass is 28.4. The van der Waals surface area contributed by atoms with Gasteiger partial charge in [0.25, 0.3) is 5.91 Å². The highest BCUT2D eigenvalue weighted by Gasteiger charge is 2.95. The summed E-state index contributed by atoms with van der Waals surface area (Å²) in [6, 6.07) is 10.5. The van der Waals surface area contributed by atoms with Gasteiger partial charge in [0.1, 0.15) is 24.2 Å². The van der Waals surface area contributed by atoms with E-state index in [1.807, 2.05) is 0 Å². The number of methoxy groups -OCH3 is 1. The Balaban J connectivity index is 2.29. The summed E-state index contributed by atoms with van der Waals surface area (Å²) in [7, 11) is -2.59. The van der Waals surface area contributed by atoms with Gasteiger partial charge in [-0.05, 0) is 71.6 Å². The number of ether oxygens (including phenoxy) is 3. The van der Waals surface area contributed by atoms with Crippen LogP contribution < -0.4 is 20.3 Å². The summed E-state index contributed by atoms with van der Waals surface area (Å²) in [4.78, 5) is 24.3. The molecule has 2 aromatic rings. The van der Waals surface area contributed by atoms with Crippen molar-refractivity contribution in [2.75, 3.05) is 25.6 Å². The van der Waals surface area contributed by atoms with Gasteiger partial charge in [-0.2, -0.15) is 74.6 Å². The fourth-order valence-electron chi connectivity index (χ4n) is 6.39. The highest BCUT2D eigenvalue weighted by molar-refractivity contribution is 6.76. The van der Waals surface area contributed by atoms with Crippen LogP contribution in [0.2, 0.25) is 17.1 Å². The maximum Gasteiger partial charge on any atom is 0.460 e. The molecule has 2 aromatic carbocycles. The van der Waals surface area contributed by atoms with Crippen LogP contribution in [0.3, 0.4) is 0 Å². The van der Waals surface area contributed by atoms with Crippen LogP contribution in [-0.2, 0) is 14.0 Å². The second kappa shape index (κ2) is 21.7. The second-order valence-electron chi connectivity index (χ2n) is 15.4. The number of carbonyl (C=O) groups excluding carboxylic acids is 2. The standard InChI is InChI=1S/C40H45F17N2O7Si/c1-23(2)67(24(3)4,21-18-33(41,42)34(43,44)35(45,46)36(47,48)37(49,50)38(51,52)39(53,54)40(55,56)57)65-20-19-64-29-14-10-26(11-15-29)30(9-7-8-25(5)22-31(60)59-62)66-32(61)58-27-12-16-28(63-6)17-13-27/h7-8,10-17,22-24,30,62H,9,18-21H2,1-6H3,(H,58,61)(H,59,60)/b8-7+,25-22+/t30-/m1/s1. The molecule has 0 bridgehead atoms. The van der Waals surface area contributed by atoms with Gasteiger partial charge in [-0.1, -0.05) is 52.0 Å². The van der Waals surface area contributed by atoms with Crippen molar-refractivity contribution in [3.63, 3.8) is 0 Å². The number of allylic oxidation sites excluding steroid dienone is 2. The van der Waals surface area contributed by atoms with Crippen molar-refractivity contribution in [3.05, 3.63) is 77.9 Å². The van der Waals surface area contributed by atoms with Crippen molar-refractivity contribution < 1.29 is 108 Å². The molecule has 27 heteroatoms. The van der Waals surface area contributed by atoms with Gasteiger partial charge in [-0.25, -0.2) is 10.3 Å².